The Morgan fingerprint density at radius 3 is 2.56 bits per heavy atom. The van der Waals surface area contributed by atoms with E-state index in [0.29, 0.717) is 17.4 Å². The first-order valence-corrected chi connectivity index (χ1v) is 6.53. The lowest BCUT2D eigenvalue weighted by Gasteiger charge is -2.55. The molecule has 2 heteroatoms. The third kappa shape index (κ3) is 1.66. The van der Waals surface area contributed by atoms with Crippen LogP contribution in [0.2, 0.25) is 5.02 Å². The largest absolute Gasteiger partial charge is 0.327 e. The zero-order valence-corrected chi connectivity index (χ0v) is 10.8. The summed E-state index contributed by atoms with van der Waals surface area (Å²) >= 11 is 6.05. The Hall–Kier alpha value is -0.530. The molecule has 1 fully saturated rings. The second kappa shape index (κ2) is 4.38. The van der Waals surface area contributed by atoms with Crippen LogP contribution in [-0.2, 0) is 0 Å². The summed E-state index contributed by atoms with van der Waals surface area (Å²) in [6, 6.07) is 8.60. The Morgan fingerprint density at radius 1 is 1.38 bits per heavy atom. The predicted molar refractivity (Wildman–Crippen MR) is 69.8 cm³/mol. The van der Waals surface area contributed by atoms with Crippen molar-refractivity contribution < 1.29 is 0 Å². The van der Waals surface area contributed by atoms with Crippen molar-refractivity contribution in [3.63, 3.8) is 0 Å². The van der Waals surface area contributed by atoms with Gasteiger partial charge in [-0.15, -0.1) is 0 Å². The first-order valence-electron chi connectivity index (χ1n) is 6.15. The van der Waals surface area contributed by atoms with Gasteiger partial charge in [-0.25, -0.2) is 0 Å². The molecule has 0 radical (unpaired) electrons. The molecule has 2 unspecified atom stereocenters. The summed E-state index contributed by atoms with van der Waals surface area (Å²) in [4.78, 5) is 0. The van der Waals surface area contributed by atoms with E-state index >= 15 is 0 Å². The van der Waals surface area contributed by atoms with Crippen LogP contribution >= 0.6 is 11.6 Å². The summed E-state index contributed by atoms with van der Waals surface area (Å²) < 4.78 is 0. The number of halogens is 1. The van der Waals surface area contributed by atoms with Gasteiger partial charge in [0.25, 0.3) is 0 Å². The van der Waals surface area contributed by atoms with Crippen molar-refractivity contribution in [2.45, 2.75) is 45.1 Å². The molecule has 2 N–H and O–H groups in total. The fourth-order valence-electron chi connectivity index (χ4n) is 3.28. The van der Waals surface area contributed by atoms with Gasteiger partial charge in [0.05, 0.1) is 0 Å². The van der Waals surface area contributed by atoms with E-state index in [9.17, 15) is 0 Å². The van der Waals surface area contributed by atoms with Gasteiger partial charge in [0, 0.05) is 11.1 Å². The Labute approximate surface area is 103 Å². The monoisotopic (exact) mass is 237 g/mol. The van der Waals surface area contributed by atoms with Gasteiger partial charge in [0.15, 0.2) is 0 Å². The van der Waals surface area contributed by atoms with Crippen LogP contribution < -0.4 is 5.73 Å². The highest BCUT2D eigenvalue weighted by Gasteiger charge is 2.50. The minimum atomic E-state index is 0.296. The molecule has 0 aromatic heterocycles. The Kier molecular flexibility index (Phi) is 3.27. The SMILES string of the molecule is CCC1(CC)C(N)CC1c1cccc(Cl)c1. The topological polar surface area (TPSA) is 26.0 Å². The Bertz CT molecular complexity index is 371. The maximum atomic E-state index is 6.21. The van der Waals surface area contributed by atoms with Crippen LogP contribution in [0.4, 0.5) is 0 Å². The molecule has 16 heavy (non-hydrogen) atoms. The highest BCUT2D eigenvalue weighted by atomic mass is 35.5. The number of hydrogen-bond acceptors (Lipinski definition) is 1. The number of benzene rings is 1. The first-order chi connectivity index (χ1) is 7.64. The fraction of sp³-hybridized carbons (Fsp3) is 0.571. The number of rotatable bonds is 3. The normalized spacial score (nSPS) is 27.5. The Morgan fingerprint density at radius 2 is 2.06 bits per heavy atom. The summed E-state index contributed by atoms with van der Waals surface area (Å²) in [5.41, 5.74) is 7.87. The van der Waals surface area contributed by atoms with Crippen molar-refractivity contribution in [2.24, 2.45) is 11.1 Å². The lowest BCUT2D eigenvalue weighted by atomic mass is 9.52. The molecule has 88 valence electrons. The van der Waals surface area contributed by atoms with Gasteiger partial charge in [0.1, 0.15) is 0 Å². The van der Waals surface area contributed by atoms with Crippen LogP contribution in [0.3, 0.4) is 0 Å². The zero-order valence-electron chi connectivity index (χ0n) is 10.0. The average molecular weight is 238 g/mol. The van der Waals surface area contributed by atoms with Crippen LogP contribution in [0, 0.1) is 5.41 Å². The van der Waals surface area contributed by atoms with Crippen LogP contribution in [0.5, 0.6) is 0 Å². The molecule has 0 aliphatic heterocycles. The lowest BCUT2D eigenvalue weighted by Crippen LogP contribution is -2.55. The molecule has 0 bridgehead atoms. The molecular weight excluding hydrogens is 218 g/mol. The molecule has 1 aromatic rings. The molecule has 1 nitrogen and oxygen atoms in total. The van der Waals surface area contributed by atoms with Crippen molar-refractivity contribution in [3.05, 3.63) is 34.9 Å². The van der Waals surface area contributed by atoms with Crippen LogP contribution in [-0.4, -0.2) is 6.04 Å². The average Bonchev–Trinajstić information content (AvgIpc) is 2.27. The van der Waals surface area contributed by atoms with E-state index < -0.39 is 0 Å². The van der Waals surface area contributed by atoms with Gasteiger partial charge in [-0.2, -0.15) is 0 Å². The zero-order chi connectivity index (χ0) is 11.8. The molecule has 1 aromatic carbocycles. The van der Waals surface area contributed by atoms with Crippen molar-refractivity contribution in [2.75, 3.05) is 0 Å². The number of nitrogens with two attached hydrogens (primary N) is 1. The van der Waals surface area contributed by atoms with Gasteiger partial charge in [-0.3, -0.25) is 0 Å². The molecule has 1 aliphatic rings. The second-order valence-corrected chi connectivity index (χ2v) is 5.33. The highest BCUT2D eigenvalue weighted by Crippen LogP contribution is 2.56. The predicted octanol–water partition coefficient (Wildman–Crippen LogP) is 3.96. The van der Waals surface area contributed by atoms with Gasteiger partial charge in [-0.1, -0.05) is 37.6 Å². The Balaban J connectivity index is 2.29. The molecule has 2 atom stereocenters. The van der Waals surface area contributed by atoms with E-state index in [0.717, 1.165) is 24.3 Å². The van der Waals surface area contributed by atoms with E-state index in [2.05, 4.69) is 26.0 Å². The molecule has 0 amide bonds. The minimum absolute atomic E-state index is 0.296. The maximum absolute atomic E-state index is 6.21. The van der Waals surface area contributed by atoms with Crippen LogP contribution in [0.15, 0.2) is 24.3 Å². The maximum Gasteiger partial charge on any atom is 0.0408 e. The van der Waals surface area contributed by atoms with Crippen LogP contribution in [0.25, 0.3) is 0 Å². The summed E-state index contributed by atoms with van der Waals surface area (Å²) in [6.45, 7) is 4.50. The molecule has 1 aliphatic carbocycles. The second-order valence-electron chi connectivity index (χ2n) is 4.89. The number of hydrogen-bond donors (Lipinski definition) is 1. The van der Waals surface area contributed by atoms with Crippen molar-refractivity contribution in [1.82, 2.24) is 0 Å². The highest BCUT2D eigenvalue weighted by molar-refractivity contribution is 6.30. The molecule has 0 heterocycles. The molecule has 2 rings (SSSR count). The van der Waals surface area contributed by atoms with E-state index in [1.165, 1.54) is 5.56 Å². The smallest absolute Gasteiger partial charge is 0.0408 e. The van der Waals surface area contributed by atoms with Crippen molar-refractivity contribution in [1.29, 1.82) is 0 Å². The van der Waals surface area contributed by atoms with Crippen molar-refractivity contribution in [3.8, 4) is 0 Å². The van der Waals surface area contributed by atoms with Crippen LogP contribution in [0.1, 0.15) is 44.6 Å². The summed E-state index contributed by atoms with van der Waals surface area (Å²) in [5.74, 6) is 0.594. The van der Waals surface area contributed by atoms with Crippen molar-refractivity contribution >= 4 is 11.6 Å². The summed E-state index contributed by atoms with van der Waals surface area (Å²) in [7, 11) is 0. The standard InChI is InChI=1S/C14H20ClN/c1-3-14(4-2)12(9-13(14)16)10-6-5-7-11(15)8-10/h5-8,12-13H,3-4,9,16H2,1-2H3. The van der Waals surface area contributed by atoms with Gasteiger partial charge < -0.3 is 5.73 Å². The molecular formula is C14H20ClN. The summed E-state index contributed by atoms with van der Waals surface area (Å²) in [6.07, 6.45) is 3.41. The van der Waals surface area contributed by atoms with E-state index in [1.807, 2.05) is 12.1 Å². The molecule has 1 saturated carbocycles. The molecule has 0 saturated heterocycles. The van der Waals surface area contributed by atoms with E-state index in [1.54, 1.807) is 0 Å². The van der Waals surface area contributed by atoms with Gasteiger partial charge >= 0.3 is 0 Å². The third-order valence-corrected chi connectivity index (χ3v) is 4.72. The molecule has 0 spiro atoms. The summed E-state index contributed by atoms with van der Waals surface area (Å²) in [5, 5.41) is 0.832. The fourth-order valence-corrected chi connectivity index (χ4v) is 3.48. The van der Waals surface area contributed by atoms with E-state index in [-0.39, 0.29) is 0 Å². The minimum Gasteiger partial charge on any atom is -0.327 e. The van der Waals surface area contributed by atoms with E-state index in [4.69, 9.17) is 17.3 Å². The lowest BCUT2D eigenvalue weighted by molar-refractivity contribution is 0.0438. The van der Waals surface area contributed by atoms with Gasteiger partial charge in [-0.05, 0) is 48.3 Å². The quantitative estimate of drug-likeness (QED) is 0.846. The first kappa shape index (κ1) is 11.9. The van der Waals surface area contributed by atoms with Gasteiger partial charge in [0.2, 0.25) is 0 Å². The third-order valence-electron chi connectivity index (χ3n) is 4.49.